The van der Waals surface area contributed by atoms with E-state index in [1.165, 1.54) is 39.5 Å². The molecule has 0 aliphatic heterocycles. The molecule has 16 heavy (non-hydrogen) atoms. The van der Waals surface area contributed by atoms with Gasteiger partial charge in [-0.3, -0.25) is 0 Å². The van der Waals surface area contributed by atoms with Gasteiger partial charge < -0.3 is 10.7 Å². The topological polar surface area (TPSA) is 41.8 Å². The van der Waals surface area contributed by atoms with Crippen LogP contribution in [0.1, 0.15) is 30.0 Å². The molecule has 2 nitrogen and oxygen atoms in total. The van der Waals surface area contributed by atoms with E-state index in [1.54, 1.807) is 0 Å². The highest BCUT2D eigenvalue weighted by molar-refractivity contribution is 9.10. The molecule has 1 fully saturated rings. The summed E-state index contributed by atoms with van der Waals surface area (Å²) in [4.78, 5) is 3.54. The molecule has 0 unspecified atom stereocenters. The van der Waals surface area contributed by atoms with Crippen LogP contribution in [0.5, 0.6) is 0 Å². The number of nitrogens with one attached hydrogen (secondary N) is 1. The van der Waals surface area contributed by atoms with E-state index >= 15 is 0 Å². The van der Waals surface area contributed by atoms with E-state index in [4.69, 9.17) is 5.73 Å². The number of benzene rings is 1. The molecule has 0 bridgehead atoms. The molecular formula is C13H15BrN2. The van der Waals surface area contributed by atoms with Crippen molar-refractivity contribution in [1.29, 1.82) is 0 Å². The van der Waals surface area contributed by atoms with Crippen LogP contribution in [0.2, 0.25) is 0 Å². The lowest BCUT2D eigenvalue weighted by atomic mass is 10.1. The summed E-state index contributed by atoms with van der Waals surface area (Å²) in [7, 11) is 0. The van der Waals surface area contributed by atoms with Gasteiger partial charge >= 0.3 is 0 Å². The van der Waals surface area contributed by atoms with Crippen LogP contribution in [0.4, 0.5) is 0 Å². The first-order valence-corrected chi connectivity index (χ1v) is 6.59. The Morgan fingerprint density at radius 1 is 1.38 bits per heavy atom. The minimum Gasteiger partial charge on any atom is -0.357 e. The number of H-pyrrole nitrogens is 1. The Morgan fingerprint density at radius 3 is 2.88 bits per heavy atom. The van der Waals surface area contributed by atoms with Crippen LogP contribution in [-0.2, 0) is 6.42 Å². The van der Waals surface area contributed by atoms with Crippen molar-refractivity contribution in [3.63, 3.8) is 0 Å². The fraction of sp³-hybridized carbons (Fsp3) is 0.385. The van der Waals surface area contributed by atoms with Crippen LogP contribution < -0.4 is 5.73 Å². The second kappa shape index (κ2) is 3.90. The maximum atomic E-state index is 5.66. The van der Waals surface area contributed by atoms with Crippen molar-refractivity contribution < 1.29 is 0 Å². The first kappa shape index (κ1) is 10.4. The first-order chi connectivity index (χ1) is 7.81. The maximum Gasteiger partial charge on any atom is 0.0470 e. The number of halogens is 1. The summed E-state index contributed by atoms with van der Waals surface area (Å²) < 4.78 is 1.26. The second-order valence-electron chi connectivity index (χ2n) is 4.51. The van der Waals surface area contributed by atoms with Crippen LogP contribution in [0.15, 0.2) is 22.7 Å². The molecular weight excluding hydrogens is 264 g/mol. The summed E-state index contributed by atoms with van der Waals surface area (Å²) in [6, 6.07) is 6.42. The zero-order valence-corrected chi connectivity index (χ0v) is 10.7. The number of rotatable bonds is 3. The highest BCUT2D eigenvalue weighted by Gasteiger charge is 2.28. The minimum absolute atomic E-state index is 0.704. The Kier molecular flexibility index (Phi) is 2.52. The van der Waals surface area contributed by atoms with Crippen molar-refractivity contribution in [2.45, 2.75) is 25.2 Å². The zero-order valence-electron chi connectivity index (χ0n) is 9.09. The standard InChI is InChI=1S/C13H15BrN2/c14-12-11-8(6-7-15)2-1-3-10(11)16-13(12)9-4-5-9/h1-3,9,16H,4-7,15H2. The Labute approximate surface area is 103 Å². The van der Waals surface area contributed by atoms with Gasteiger partial charge in [-0.05, 0) is 53.4 Å². The predicted molar refractivity (Wildman–Crippen MR) is 70.7 cm³/mol. The molecule has 0 amide bonds. The number of nitrogens with two attached hydrogens (primary N) is 1. The molecule has 1 aliphatic rings. The summed E-state index contributed by atoms with van der Waals surface area (Å²) in [6.07, 6.45) is 3.58. The normalized spacial score (nSPS) is 15.9. The largest absolute Gasteiger partial charge is 0.357 e. The van der Waals surface area contributed by atoms with E-state index < -0.39 is 0 Å². The van der Waals surface area contributed by atoms with Crippen molar-refractivity contribution in [3.8, 4) is 0 Å². The number of hydrogen-bond acceptors (Lipinski definition) is 1. The van der Waals surface area contributed by atoms with E-state index in [2.05, 4.69) is 39.1 Å². The highest BCUT2D eigenvalue weighted by atomic mass is 79.9. The molecule has 3 heteroatoms. The van der Waals surface area contributed by atoms with E-state index in [9.17, 15) is 0 Å². The van der Waals surface area contributed by atoms with Gasteiger partial charge in [0.1, 0.15) is 0 Å². The Bertz CT molecular complexity index is 526. The molecule has 2 aromatic rings. The van der Waals surface area contributed by atoms with E-state index in [-0.39, 0.29) is 0 Å². The Balaban J connectivity index is 2.20. The number of aromatic nitrogens is 1. The van der Waals surface area contributed by atoms with Gasteiger partial charge in [-0.15, -0.1) is 0 Å². The van der Waals surface area contributed by atoms with Crippen LogP contribution in [-0.4, -0.2) is 11.5 Å². The Hall–Kier alpha value is -0.800. The molecule has 1 saturated carbocycles. The summed E-state index contributed by atoms with van der Waals surface area (Å²) in [5, 5.41) is 1.33. The van der Waals surface area contributed by atoms with E-state index in [0.29, 0.717) is 6.54 Å². The van der Waals surface area contributed by atoms with E-state index in [0.717, 1.165) is 12.3 Å². The fourth-order valence-electron chi connectivity index (χ4n) is 2.32. The summed E-state index contributed by atoms with van der Waals surface area (Å²) in [5.74, 6) is 0.743. The van der Waals surface area contributed by atoms with Crippen LogP contribution in [0.25, 0.3) is 10.9 Å². The van der Waals surface area contributed by atoms with Crippen LogP contribution in [0.3, 0.4) is 0 Å². The summed E-state index contributed by atoms with van der Waals surface area (Å²) >= 11 is 3.74. The minimum atomic E-state index is 0.704. The monoisotopic (exact) mass is 278 g/mol. The number of hydrogen-bond donors (Lipinski definition) is 2. The average molecular weight is 279 g/mol. The lowest BCUT2D eigenvalue weighted by Crippen LogP contribution is -2.02. The smallest absolute Gasteiger partial charge is 0.0470 e. The van der Waals surface area contributed by atoms with Gasteiger partial charge in [-0.1, -0.05) is 12.1 Å². The second-order valence-corrected chi connectivity index (χ2v) is 5.30. The third kappa shape index (κ3) is 1.59. The first-order valence-electron chi connectivity index (χ1n) is 5.80. The van der Waals surface area contributed by atoms with Gasteiger partial charge in [0.25, 0.3) is 0 Å². The lowest BCUT2D eigenvalue weighted by Gasteiger charge is -2.01. The van der Waals surface area contributed by atoms with Crippen LogP contribution in [0, 0.1) is 0 Å². The molecule has 1 aromatic carbocycles. The third-order valence-corrected chi connectivity index (χ3v) is 4.10. The molecule has 3 rings (SSSR count). The molecule has 1 heterocycles. The number of fused-ring (bicyclic) bond motifs is 1. The molecule has 1 aromatic heterocycles. The molecule has 3 N–H and O–H groups in total. The van der Waals surface area contributed by atoms with Crippen molar-refractivity contribution in [1.82, 2.24) is 4.98 Å². The zero-order chi connectivity index (χ0) is 11.1. The Morgan fingerprint density at radius 2 is 2.19 bits per heavy atom. The molecule has 0 saturated heterocycles. The lowest BCUT2D eigenvalue weighted by molar-refractivity contribution is 0.977. The molecule has 0 radical (unpaired) electrons. The van der Waals surface area contributed by atoms with Crippen LogP contribution >= 0.6 is 15.9 Å². The molecule has 0 atom stereocenters. The average Bonchev–Trinajstić information content (AvgIpc) is 3.05. The fourth-order valence-corrected chi connectivity index (χ4v) is 3.21. The van der Waals surface area contributed by atoms with Gasteiger partial charge in [0.15, 0.2) is 0 Å². The van der Waals surface area contributed by atoms with Crippen molar-refractivity contribution in [2.24, 2.45) is 5.73 Å². The molecule has 1 aliphatic carbocycles. The van der Waals surface area contributed by atoms with Gasteiger partial charge in [0.05, 0.1) is 0 Å². The molecule has 0 spiro atoms. The summed E-state index contributed by atoms with van der Waals surface area (Å²) in [5.41, 5.74) is 9.61. The third-order valence-electron chi connectivity index (χ3n) is 3.28. The quantitative estimate of drug-likeness (QED) is 0.889. The summed E-state index contributed by atoms with van der Waals surface area (Å²) in [6.45, 7) is 0.704. The van der Waals surface area contributed by atoms with Crippen molar-refractivity contribution >= 4 is 26.8 Å². The molecule has 84 valence electrons. The maximum absolute atomic E-state index is 5.66. The predicted octanol–water partition coefficient (Wildman–Crippen LogP) is 3.31. The van der Waals surface area contributed by atoms with Gasteiger partial charge in [-0.25, -0.2) is 0 Å². The number of aromatic amines is 1. The van der Waals surface area contributed by atoms with Gasteiger partial charge in [-0.2, -0.15) is 0 Å². The SMILES string of the molecule is NCCc1cccc2[nH]c(C3CC3)c(Br)c12. The van der Waals surface area contributed by atoms with E-state index in [1.807, 2.05) is 0 Å². The van der Waals surface area contributed by atoms with Crippen molar-refractivity contribution in [3.05, 3.63) is 33.9 Å². The van der Waals surface area contributed by atoms with Gasteiger partial charge in [0, 0.05) is 27.0 Å². The van der Waals surface area contributed by atoms with Gasteiger partial charge in [0.2, 0.25) is 0 Å². The highest BCUT2D eigenvalue weighted by Crippen LogP contribution is 2.45. The van der Waals surface area contributed by atoms with Crippen molar-refractivity contribution in [2.75, 3.05) is 6.54 Å².